The summed E-state index contributed by atoms with van der Waals surface area (Å²) in [6, 6.07) is 2.25. The third-order valence-electron chi connectivity index (χ3n) is 4.38. The molecule has 0 spiro atoms. The number of nitrogens with two attached hydrogens (primary N) is 1. The lowest BCUT2D eigenvalue weighted by molar-refractivity contribution is -0.141. The summed E-state index contributed by atoms with van der Waals surface area (Å²) < 4.78 is 41.4. The Balaban J connectivity index is 1.77. The van der Waals surface area contributed by atoms with Gasteiger partial charge in [-0.05, 0) is 25.8 Å². The van der Waals surface area contributed by atoms with E-state index < -0.39 is 23.3 Å². The zero-order valence-electron chi connectivity index (χ0n) is 14.1. The molecule has 0 radical (unpaired) electrons. The highest BCUT2D eigenvalue weighted by Gasteiger charge is 2.37. The largest absolute Gasteiger partial charge is 0.435 e. The Kier molecular flexibility index (Phi) is 3.88. The van der Waals surface area contributed by atoms with Crippen molar-refractivity contribution in [3.63, 3.8) is 0 Å². The van der Waals surface area contributed by atoms with Crippen molar-refractivity contribution in [2.75, 3.05) is 0 Å². The number of halogens is 3. The number of thiazole rings is 1. The fourth-order valence-corrected chi connectivity index (χ4v) is 4.04. The van der Waals surface area contributed by atoms with Crippen LogP contribution in [0.2, 0.25) is 0 Å². The zero-order chi connectivity index (χ0) is 19.5. The highest BCUT2D eigenvalue weighted by atomic mass is 32.1. The molecule has 1 saturated carbocycles. The van der Waals surface area contributed by atoms with Gasteiger partial charge in [0.15, 0.2) is 10.7 Å². The highest BCUT2D eigenvalue weighted by molar-refractivity contribution is 7.17. The van der Waals surface area contributed by atoms with Gasteiger partial charge in [-0.25, -0.2) is 9.38 Å². The minimum absolute atomic E-state index is 0.0453. The van der Waals surface area contributed by atoms with Crippen LogP contribution >= 0.6 is 11.3 Å². The number of hydrogen-bond acceptors (Lipinski definition) is 5. The molecule has 1 aliphatic carbocycles. The number of aryl methyl sites for hydroxylation is 1. The average Bonchev–Trinajstić information content (AvgIpc) is 3.20. The van der Waals surface area contributed by atoms with Crippen molar-refractivity contribution < 1.29 is 18.0 Å². The summed E-state index contributed by atoms with van der Waals surface area (Å²) in [5.74, 6) is -0.697. The quantitative estimate of drug-likeness (QED) is 0.731. The molecular weight excluding hydrogens is 383 g/mol. The van der Waals surface area contributed by atoms with Crippen LogP contribution in [-0.4, -0.2) is 25.1 Å². The Morgan fingerprint density at radius 3 is 2.67 bits per heavy atom. The number of fused-ring (bicyclic) bond motifs is 1. The number of primary amides is 1. The molecule has 3 heterocycles. The lowest BCUT2D eigenvalue weighted by Gasteiger charge is -2.07. The first-order valence-corrected chi connectivity index (χ1v) is 8.93. The number of nitrogens with zero attached hydrogens (tertiary/aromatic N) is 4. The fourth-order valence-electron chi connectivity index (χ4n) is 3.05. The molecule has 4 rings (SSSR count). The molecule has 1 fully saturated rings. The van der Waals surface area contributed by atoms with Crippen LogP contribution < -0.4 is 11.3 Å². The first-order valence-electron chi connectivity index (χ1n) is 8.12. The maximum atomic E-state index is 13.0. The van der Waals surface area contributed by atoms with E-state index in [2.05, 4.69) is 10.1 Å². The van der Waals surface area contributed by atoms with E-state index in [1.807, 2.05) is 0 Å². The van der Waals surface area contributed by atoms with Crippen LogP contribution in [0.3, 0.4) is 0 Å². The molecule has 0 bridgehead atoms. The number of carbonyl (C=O) groups excluding carboxylic acids is 1. The van der Waals surface area contributed by atoms with Gasteiger partial charge in [-0.15, -0.1) is 11.3 Å². The van der Waals surface area contributed by atoms with Gasteiger partial charge in [0.05, 0.1) is 12.2 Å². The van der Waals surface area contributed by atoms with Gasteiger partial charge in [0.2, 0.25) is 0 Å². The Hall–Kier alpha value is -2.69. The van der Waals surface area contributed by atoms with Crippen LogP contribution in [0.5, 0.6) is 0 Å². The summed E-state index contributed by atoms with van der Waals surface area (Å²) in [5.41, 5.74) is 4.69. The third kappa shape index (κ3) is 3.11. The SMILES string of the molecule is Cc1sc2nc(Cn3nc(C(F)(F)F)cc3C3CC3)cc(=O)n2c1C(N)=O. The standard InChI is InChI=1S/C16H14F3N5O2S/c1-7-13(14(20)26)24-12(25)4-9(21-15(24)27-7)6-23-10(8-2-3-8)5-11(22-23)16(17,18)19/h4-5,8H,2-3,6H2,1H3,(H2,20,26). The fraction of sp³-hybridized carbons (Fsp3) is 0.375. The number of aromatic nitrogens is 4. The molecule has 3 aromatic rings. The molecule has 3 aromatic heterocycles. The maximum Gasteiger partial charge on any atom is 0.435 e. The van der Waals surface area contributed by atoms with Crippen LogP contribution in [0.15, 0.2) is 16.9 Å². The molecule has 11 heteroatoms. The predicted octanol–water partition coefficient (Wildman–Crippen LogP) is 2.30. The van der Waals surface area contributed by atoms with Gasteiger partial charge in [-0.3, -0.25) is 14.3 Å². The Morgan fingerprint density at radius 1 is 1.37 bits per heavy atom. The lowest BCUT2D eigenvalue weighted by atomic mass is 10.2. The zero-order valence-corrected chi connectivity index (χ0v) is 14.9. The monoisotopic (exact) mass is 397 g/mol. The van der Waals surface area contributed by atoms with Crippen molar-refractivity contribution in [1.29, 1.82) is 0 Å². The third-order valence-corrected chi connectivity index (χ3v) is 5.34. The summed E-state index contributed by atoms with van der Waals surface area (Å²) in [6.07, 6.45) is -2.92. The molecule has 27 heavy (non-hydrogen) atoms. The van der Waals surface area contributed by atoms with E-state index in [4.69, 9.17) is 5.73 Å². The number of alkyl halides is 3. The van der Waals surface area contributed by atoms with E-state index in [-0.39, 0.29) is 28.8 Å². The van der Waals surface area contributed by atoms with E-state index in [0.717, 1.165) is 34.6 Å². The lowest BCUT2D eigenvalue weighted by Crippen LogP contribution is -2.23. The molecule has 0 saturated heterocycles. The number of amides is 1. The van der Waals surface area contributed by atoms with E-state index in [0.29, 0.717) is 10.6 Å². The Labute approximate surface area is 154 Å². The second-order valence-corrected chi connectivity index (χ2v) is 7.64. The second kappa shape index (κ2) is 5.91. The van der Waals surface area contributed by atoms with Crippen LogP contribution in [0.25, 0.3) is 4.96 Å². The van der Waals surface area contributed by atoms with Crippen LogP contribution in [0.4, 0.5) is 13.2 Å². The van der Waals surface area contributed by atoms with Crippen molar-refractivity contribution in [2.45, 2.75) is 38.4 Å². The van der Waals surface area contributed by atoms with E-state index in [9.17, 15) is 22.8 Å². The number of carbonyl (C=O) groups is 1. The molecule has 0 aliphatic heterocycles. The smallest absolute Gasteiger partial charge is 0.364 e. The van der Waals surface area contributed by atoms with Crippen molar-refractivity contribution >= 4 is 22.2 Å². The van der Waals surface area contributed by atoms with E-state index >= 15 is 0 Å². The van der Waals surface area contributed by atoms with Crippen LogP contribution in [0.1, 0.15) is 51.2 Å². The normalized spacial score (nSPS) is 14.8. The minimum Gasteiger partial charge on any atom is -0.364 e. The maximum absolute atomic E-state index is 13.0. The molecule has 7 nitrogen and oxygen atoms in total. The molecule has 0 aromatic carbocycles. The second-order valence-electron chi connectivity index (χ2n) is 6.46. The van der Waals surface area contributed by atoms with Gasteiger partial charge in [-0.1, -0.05) is 0 Å². The summed E-state index contributed by atoms with van der Waals surface area (Å²) in [7, 11) is 0. The van der Waals surface area contributed by atoms with Crippen LogP contribution in [-0.2, 0) is 12.7 Å². The molecule has 142 valence electrons. The predicted molar refractivity (Wildman–Crippen MR) is 90.9 cm³/mol. The van der Waals surface area contributed by atoms with Gasteiger partial charge in [0, 0.05) is 22.6 Å². The van der Waals surface area contributed by atoms with Gasteiger partial charge in [0.1, 0.15) is 5.69 Å². The van der Waals surface area contributed by atoms with Crippen molar-refractivity contribution in [3.8, 4) is 0 Å². The van der Waals surface area contributed by atoms with E-state index in [1.54, 1.807) is 6.92 Å². The average molecular weight is 397 g/mol. The molecule has 2 N–H and O–H groups in total. The van der Waals surface area contributed by atoms with Crippen molar-refractivity contribution in [1.82, 2.24) is 19.2 Å². The topological polar surface area (TPSA) is 95.3 Å². The van der Waals surface area contributed by atoms with Gasteiger partial charge >= 0.3 is 6.18 Å². The van der Waals surface area contributed by atoms with Crippen molar-refractivity contribution in [3.05, 3.63) is 50.1 Å². The summed E-state index contributed by atoms with van der Waals surface area (Å²) in [6.45, 7) is 1.59. The molecule has 0 unspecified atom stereocenters. The van der Waals surface area contributed by atoms with E-state index in [1.165, 1.54) is 10.7 Å². The molecule has 1 aliphatic rings. The van der Waals surface area contributed by atoms with Crippen LogP contribution in [0, 0.1) is 6.92 Å². The van der Waals surface area contributed by atoms with Gasteiger partial charge < -0.3 is 5.73 Å². The highest BCUT2D eigenvalue weighted by Crippen LogP contribution is 2.42. The molecule has 0 atom stereocenters. The summed E-state index contributed by atoms with van der Waals surface area (Å²) in [5, 5.41) is 3.67. The Morgan fingerprint density at radius 2 is 2.07 bits per heavy atom. The molecule has 1 amide bonds. The molecular formula is C16H14F3N5O2S. The summed E-state index contributed by atoms with van der Waals surface area (Å²) in [4.78, 5) is 29.1. The Bertz CT molecular complexity index is 1120. The van der Waals surface area contributed by atoms with Crippen molar-refractivity contribution in [2.24, 2.45) is 5.73 Å². The number of hydrogen-bond donors (Lipinski definition) is 1. The van der Waals surface area contributed by atoms with Gasteiger partial charge in [-0.2, -0.15) is 18.3 Å². The first-order chi connectivity index (χ1) is 12.6. The minimum atomic E-state index is -4.53. The van der Waals surface area contributed by atoms with Gasteiger partial charge in [0.25, 0.3) is 11.5 Å². The first kappa shape index (κ1) is 17.7. The summed E-state index contributed by atoms with van der Waals surface area (Å²) >= 11 is 1.12. The number of rotatable bonds is 4.